The lowest BCUT2D eigenvalue weighted by Gasteiger charge is -2.42. The van der Waals surface area contributed by atoms with Gasteiger partial charge in [-0.25, -0.2) is 9.78 Å². The largest absolute Gasteiger partial charge is 0.444 e. The molecule has 0 spiro atoms. The Labute approximate surface area is 177 Å². The molecule has 0 N–H and O–H groups in total. The van der Waals surface area contributed by atoms with E-state index in [1.165, 1.54) is 4.90 Å². The van der Waals surface area contributed by atoms with E-state index in [9.17, 15) is 9.59 Å². The summed E-state index contributed by atoms with van der Waals surface area (Å²) >= 11 is 0. The third-order valence-electron chi connectivity index (χ3n) is 5.55. The van der Waals surface area contributed by atoms with Gasteiger partial charge in [-0.3, -0.25) is 9.69 Å². The summed E-state index contributed by atoms with van der Waals surface area (Å²) < 4.78 is 7.68. The number of para-hydroxylation sites is 1. The molecule has 160 valence electrons. The van der Waals surface area contributed by atoms with Crippen LogP contribution in [0.3, 0.4) is 0 Å². The maximum atomic E-state index is 13.5. The molecule has 1 aromatic heterocycles. The average molecular weight is 411 g/mol. The Kier molecular flexibility index (Phi) is 5.54. The van der Waals surface area contributed by atoms with Crippen molar-refractivity contribution in [1.29, 1.82) is 0 Å². The van der Waals surface area contributed by atoms with E-state index in [2.05, 4.69) is 10.8 Å². The number of fused-ring (bicyclic) bond motifs is 1. The third-order valence-corrected chi connectivity index (χ3v) is 5.55. The van der Waals surface area contributed by atoms with E-state index < -0.39 is 17.7 Å². The fourth-order valence-corrected chi connectivity index (χ4v) is 3.98. The molecular formula is C23H30N4O3. The summed E-state index contributed by atoms with van der Waals surface area (Å²) in [5, 5.41) is 0. The maximum absolute atomic E-state index is 13.5. The number of imidazole rings is 1. The lowest BCUT2D eigenvalue weighted by Crippen LogP contribution is -2.59. The Hall–Kier alpha value is -2.83. The van der Waals surface area contributed by atoms with Crippen molar-refractivity contribution in [2.24, 2.45) is 0 Å². The Bertz CT molecular complexity index is 893. The summed E-state index contributed by atoms with van der Waals surface area (Å²) in [7, 11) is 0. The first-order valence-electron chi connectivity index (χ1n) is 10.7. The minimum Gasteiger partial charge on any atom is -0.444 e. The van der Waals surface area contributed by atoms with Crippen molar-refractivity contribution in [2.75, 3.05) is 11.4 Å². The van der Waals surface area contributed by atoms with E-state index in [-0.39, 0.29) is 5.91 Å². The number of rotatable bonds is 4. The zero-order chi connectivity index (χ0) is 21.3. The molecule has 7 nitrogen and oxygen atoms in total. The average Bonchev–Trinajstić information content (AvgIpc) is 3.07. The molecule has 0 saturated carbocycles. The number of amides is 2. The van der Waals surface area contributed by atoms with Crippen LogP contribution in [-0.2, 0) is 29.0 Å². The summed E-state index contributed by atoms with van der Waals surface area (Å²) in [6.07, 6.45) is 5.57. The Balaban J connectivity index is 1.55. The first-order chi connectivity index (χ1) is 14.3. The number of nitrogens with zero attached hydrogens (tertiary/aromatic N) is 4. The normalized spacial score (nSPS) is 18.4. The number of ether oxygens (including phenoxy) is 1. The van der Waals surface area contributed by atoms with Crippen LogP contribution in [0.1, 0.15) is 51.6 Å². The second-order valence-corrected chi connectivity index (χ2v) is 9.04. The van der Waals surface area contributed by atoms with Crippen LogP contribution in [0, 0.1) is 0 Å². The summed E-state index contributed by atoms with van der Waals surface area (Å²) in [6, 6.07) is 9.10. The summed E-state index contributed by atoms with van der Waals surface area (Å²) in [4.78, 5) is 34.1. The Morgan fingerprint density at radius 3 is 2.57 bits per heavy atom. The van der Waals surface area contributed by atoms with Crippen LogP contribution >= 0.6 is 0 Å². The van der Waals surface area contributed by atoms with E-state index >= 15 is 0 Å². The van der Waals surface area contributed by atoms with Gasteiger partial charge in [-0.1, -0.05) is 18.2 Å². The van der Waals surface area contributed by atoms with Gasteiger partial charge in [0.15, 0.2) is 0 Å². The van der Waals surface area contributed by atoms with Crippen molar-refractivity contribution in [1.82, 2.24) is 14.5 Å². The van der Waals surface area contributed by atoms with Gasteiger partial charge in [-0.05, 0) is 52.2 Å². The van der Waals surface area contributed by atoms with Gasteiger partial charge in [-0.15, -0.1) is 0 Å². The van der Waals surface area contributed by atoms with Crippen LogP contribution in [0.2, 0.25) is 0 Å². The smallest absolute Gasteiger partial charge is 0.410 e. The molecule has 2 amide bonds. The Morgan fingerprint density at radius 1 is 1.17 bits per heavy atom. The highest BCUT2D eigenvalue weighted by Gasteiger charge is 2.42. The first kappa shape index (κ1) is 20.4. The van der Waals surface area contributed by atoms with Crippen LogP contribution in [0.15, 0.2) is 36.5 Å². The van der Waals surface area contributed by atoms with Crippen molar-refractivity contribution in [2.45, 2.75) is 71.2 Å². The quantitative estimate of drug-likeness (QED) is 0.770. The van der Waals surface area contributed by atoms with Gasteiger partial charge < -0.3 is 14.2 Å². The second-order valence-electron chi connectivity index (χ2n) is 9.04. The highest BCUT2D eigenvalue weighted by atomic mass is 16.6. The van der Waals surface area contributed by atoms with E-state index in [0.29, 0.717) is 19.5 Å². The summed E-state index contributed by atoms with van der Waals surface area (Å²) in [5.41, 5.74) is 1.10. The molecule has 7 heteroatoms. The highest BCUT2D eigenvalue weighted by molar-refractivity contribution is 5.99. The molecule has 2 aliphatic heterocycles. The van der Waals surface area contributed by atoms with Gasteiger partial charge >= 0.3 is 6.09 Å². The van der Waals surface area contributed by atoms with Crippen LogP contribution in [0.5, 0.6) is 0 Å². The molecule has 1 atom stereocenters. The molecule has 0 aliphatic carbocycles. The van der Waals surface area contributed by atoms with Gasteiger partial charge in [0.1, 0.15) is 17.5 Å². The monoisotopic (exact) mass is 410 g/mol. The zero-order valence-corrected chi connectivity index (χ0v) is 18.0. The first-order valence-corrected chi connectivity index (χ1v) is 10.7. The highest BCUT2D eigenvalue weighted by Crippen LogP contribution is 2.27. The standard InChI is InChI=1S/C23H30N4O3/c1-23(2,3)30-22(29)26-14-12-19(26)21(28)27(18-9-5-4-6-10-18)16-17-15-25-13-8-7-11-20(25)24-17/h4-6,9-10,15,19H,7-8,11-14,16H2,1-3H3/t19-/m1/s1. The van der Waals surface area contributed by atoms with Crippen LogP contribution in [0.4, 0.5) is 10.5 Å². The number of hydrogen-bond donors (Lipinski definition) is 0. The van der Waals surface area contributed by atoms with Crippen LogP contribution in [0.25, 0.3) is 0 Å². The molecular weight excluding hydrogens is 380 g/mol. The molecule has 1 fully saturated rings. The predicted molar refractivity (Wildman–Crippen MR) is 114 cm³/mol. The van der Waals surface area contributed by atoms with Gasteiger partial charge in [0.2, 0.25) is 5.91 Å². The molecule has 0 bridgehead atoms. The Morgan fingerprint density at radius 2 is 1.93 bits per heavy atom. The molecule has 1 saturated heterocycles. The lowest BCUT2D eigenvalue weighted by molar-refractivity contribution is -0.128. The van der Waals surface area contributed by atoms with Crippen molar-refractivity contribution >= 4 is 17.7 Å². The molecule has 1 aromatic carbocycles. The minimum atomic E-state index is -0.588. The van der Waals surface area contributed by atoms with Gasteiger partial charge in [0.05, 0.1) is 12.2 Å². The van der Waals surface area contributed by atoms with Crippen LogP contribution in [-0.4, -0.2) is 44.6 Å². The topological polar surface area (TPSA) is 67.7 Å². The van der Waals surface area contributed by atoms with E-state index in [4.69, 9.17) is 9.72 Å². The predicted octanol–water partition coefficient (Wildman–Crippen LogP) is 3.76. The van der Waals surface area contributed by atoms with E-state index in [1.54, 1.807) is 4.90 Å². The summed E-state index contributed by atoms with van der Waals surface area (Å²) in [6.45, 7) is 7.40. The van der Waals surface area contributed by atoms with Crippen molar-refractivity contribution in [3.63, 3.8) is 0 Å². The fourth-order valence-electron chi connectivity index (χ4n) is 3.98. The van der Waals surface area contributed by atoms with E-state index in [0.717, 1.165) is 43.0 Å². The number of aryl methyl sites for hydroxylation is 2. The number of likely N-dealkylation sites (tertiary alicyclic amines) is 1. The van der Waals surface area contributed by atoms with Crippen LogP contribution < -0.4 is 4.90 Å². The fraction of sp³-hybridized carbons (Fsp3) is 0.522. The molecule has 0 unspecified atom stereocenters. The summed E-state index contributed by atoms with van der Waals surface area (Å²) in [5.74, 6) is 1.00. The molecule has 3 heterocycles. The number of carbonyl (C=O) groups excluding carboxylic acids is 2. The number of hydrogen-bond acceptors (Lipinski definition) is 4. The number of aromatic nitrogens is 2. The lowest BCUT2D eigenvalue weighted by atomic mass is 10.0. The van der Waals surface area contributed by atoms with Gasteiger partial charge in [-0.2, -0.15) is 0 Å². The third kappa shape index (κ3) is 4.35. The van der Waals surface area contributed by atoms with Crippen molar-refractivity contribution in [3.8, 4) is 0 Å². The van der Waals surface area contributed by atoms with Gasteiger partial charge in [0.25, 0.3) is 0 Å². The molecule has 2 aromatic rings. The molecule has 0 radical (unpaired) electrons. The molecule has 30 heavy (non-hydrogen) atoms. The number of benzene rings is 1. The van der Waals surface area contributed by atoms with Gasteiger partial charge in [0, 0.05) is 31.4 Å². The van der Waals surface area contributed by atoms with Crippen molar-refractivity contribution < 1.29 is 14.3 Å². The maximum Gasteiger partial charge on any atom is 0.410 e. The second kappa shape index (κ2) is 8.13. The SMILES string of the molecule is CC(C)(C)OC(=O)N1CC[C@@H]1C(=O)N(Cc1cn2c(n1)CCCC2)c1ccccc1. The number of anilines is 1. The minimum absolute atomic E-state index is 0.0933. The molecule has 2 aliphatic rings. The van der Waals surface area contributed by atoms with Crippen molar-refractivity contribution in [3.05, 3.63) is 48.0 Å². The van der Waals surface area contributed by atoms with E-state index in [1.807, 2.05) is 51.1 Å². The molecule has 4 rings (SSSR count). The zero-order valence-electron chi connectivity index (χ0n) is 18.0. The number of carbonyl (C=O) groups is 2.